The SMILES string of the molecule is CC(C)(C)CO[C@@H]1[C@H]2CC[C@@](C)([C@@H]1OC1=C3CC(C)(C)C[C@@]34CCC[C@H]4C1=O)C2(C)C. The third-order valence-corrected chi connectivity index (χ3v) is 10.3. The monoisotopic (exact) mass is 428 g/mol. The third kappa shape index (κ3) is 2.90. The Balaban J connectivity index is 1.51. The van der Waals surface area contributed by atoms with E-state index in [1.54, 1.807) is 0 Å². The van der Waals surface area contributed by atoms with E-state index in [0.29, 0.717) is 11.7 Å². The summed E-state index contributed by atoms with van der Waals surface area (Å²) in [4.78, 5) is 13.7. The van der Waals surface area contributed by atoms with Gasteiger partial charge in [-0.15, -0.1) is 0 Å². The van der Waals surface area contributed by atoms with Gasteiger partial charge in [-0.05, 0) is 66.3 Å². The summed E-state index contributed by atoms with van der Waals surface area (Å²) in [5, 5.41) is 0. The number of ketones is 1. The molecule has 0 aliphatic heterocycles. The fourth-order valence-corrected chi connectivity index (χ4v) is 8.54. The Morgan fingerprint density at radius 3 is 2.42 bits per heavy atom. The van der Waals surface area contributed by atoms with Gasteiger partial charge in [0.2, 0.25) is 5.78 Å². The van der Waals surface area contributed by atoms with Gasteiger partial charge in [-0.1, -0.05) is 61.8 Å². The summed E-state index contributed by atoms with van der Waals surface area (Å²) >= 11 is 0. The highest BCUT2D eigenvalue weighted by Gasteiger charge is 2.69. The molecule has 5 aliphatic rings. The molecule has 31 heavy (non-hydrogen) atoms. The van der Waals surface area contributed by atoms with Crippen molar-refractivity contribution < 1.29 is 14.3 Å². The van der Waals surface area contributed by atoms with Crippen LogP contribution in [0.4, 0.5) is 0 Å². The molecule has 4 saturated carbocycles. The van der Waals surface area contributed by atoms with E-state index >= 15 is 0 Å². The molecule has 2 bridgehead atoms. The van der Waals surface area contributed by atoms with Gasteiger partial charge >= 0.3 is 0 Å². The predicted octanol–water partition coefficient (Wildman–Crippen LogP) is 6.70. The van der Waals surface area contributed by atoms with Crippen molar-refractivity contribution in [2.75, 3.05) is 6.61 Å². The second-order valence-corrected chi connectivity index (χ2v) is 14.4. The van der Waals surface area contributed by atoms with Crippen LogP contribution in [0.15, 0.2) is 11.3 Å². The number of fused-ring (bicyclic) bond motifs is 2. The van der Waals surface area contributed by atoms with Gasteiger partial charge in [0.15, 0.2) is 5.76 Å². The summed E-state index contributed by atoms with van der Waals surface area (Å²) in [5.74, 6) is 1.77. The summed E-state index contributed by atoms with van der Waals surface area (Å²) in [5.41, 5.74) is 2.09. The maximum absolute atomic E-state index is 13.7. The highest BCUT2D eigenvalue weighted by atomic mass is 16.5. The zero-order valence-corrected chi connectivity index (χ0v) is 21.2. The maximum atomic E-state index is 13.7. The Hall–Kier alpha value is -0.830. The van der Waals surface area contributed by atoms with Crippen LogP contribution in [0.25, 0.3) is 0 Å². The average molecular weight is 429 g/mol. The number of hydrogen-bond acceptors (Lipinski definition) is 3. The number of ether oxygens (including phenoxy) is 2. The van der Waals surface area contributed by atoms with E-state index in [4.69, 9.17) is 9.47 Å². The molecule has 3 nitrogen and oxygen atoms in total. The van der Waals surface area contributed by atoms with Crippen LogP contribution in [0.2, 0.25) is 0 Å². The van der Waals surface area contributed by atoms with E-state index in [2.05, 4.69) is 55.4 Å². The summed E-state index contributed by atoms with van der Waals surface area (Å²) < 4.78 is 13.6. The highest BCUT2D eigenvalue weighted by molar-refractivity contribution is 6.01. The van der Waals surface area contributed by atoms with E-state index in [9.17, 15) is 4.79 Å². The zero-order chi connectivity index (χ0) is 22.6. The number of Topliss-reactive ketones (excluding diaryl/α,β-unsaturated/α-hetero) is 1. The molecule has 0 unspecified atom stereocenters. The van der Waals surface area contributed by atoms with Crippen LogP contribution < -0.4 is 0 Å². The molecule has 0 saturated heterocycles. The van der Waals surface area contributed by atoms with Crippen molar-refractivity contribution in [1.29, 1.82) is 0 Å². The van der Waals surface area contributed by atoms with Crippen LogP contribution in [-0.4, -0.2) is 24.6 Å². The van der Waals surface area contributed by atoms with Gasteiger partial charge in [0.05, 0.1) is 12.7 Å². The minimum atomic E-state index is -0.0189. The van der Waals surface area contributed by atoms with Crippen LogP contribution in [-0.2, 0) is 14.3 Å². The van der Waals surface area contributed by atoms with Gasteiger partial charge < -0.3 is 9.47 Å². The number of allylic oxidation sites excluding steroid dienone is 2. The molecule has 174 valence electrons. The van der Waals surface area contributed by atoms with Gasteiger partial charge in [-0.3, -0.25) is 4.79 Å². The molecular weight excluding hydrogens is 384 g/mol. The first kappa shape index (κ1) is 22.0. The van der Waals surface area contributed by atoms with E-state index in [-0.39, 0.29) is 45.2 Å². The standard InChI is InChI=1S/C28H44O3/c1-24(2,3)16-30-22-18-11-13-27(8,26(18,6)7)23(22)31-21-19-14-25(4,5)15-28(19)12-9-10-17(28)20(21)29/h17-18,22-23H,9-16H2,1-8H3/t17-,18+,22+,23+,27-,28+/m0/s1. The van der Waals surface area contributed by atoms with E-state index < -0.39 is 0 Å². The number of carbonyl (C=O) groups is 1. The molecular formula is C28H44O3. The highest BCUT2D eigenvalue weighted by Crippen LogP contribution is 2.70. The average Bonchev–Trinajstić information content (AvgIpc) is 3.31. The predicted molar refractivity (Wildman–Crippen MR) is 124 cm³/mol. The first-order valence-electron chi connectivity index (χ1n) is 12.8. The molecule has 5 aliphatic carbocycles. The minimum Gasteiger partial charge on any atom is -0.483 e. The Kier molecular flexibility index (Phi) is 4.53. The lowest BCUT2D eigenvalue weighted by atomic mass is 9.70. The van der Waals surface area contributed by atoms with Crippen LogP contribution >= 0.6 is 0 Å². The summed E-state index contributed by atoms with van der Waals surface area (Å²) in [6, 6.07) is 0. The maximum Gasteiger partial charge on any atom is 0.201 e. The minimum absolute atomic E-state index is 0.0189. The fourth-order valence-electron chi connectivity index (χ4n) is 8.54. The largest absolute Gasteiger partial charge is 0.483 e. The Morgan fingerprint density at radius 2 is 1.74 bits per heavy atom. The molecule has 6 atom stereocenters. The quantitative estimate of drug-likeness (QED) is 0.499. The van der Waals surface area contributed by atoms with Gasteiger partial charge in [0.25, 0.3) is 0 Å². The van der Waals surface area contributed by atoms with Crippen molar-refractivity contribution in [2.45, 2.75) is 113 Å². The number of carbonyl (C=O) groups excluding carboxylic acids is 1. The first-order valence-corrected chi connectivity index (χ1v) is 12.8. The molecule has 0 radical (unpaired) electrons. The lowest BCUT2D eigenvalue weighted by molar-refractivity contribution is -0.134. The van der Waals surface area contributed by atoms with Crippen LogP contribution in [0.5, 0.6) is 0 Å². The molecule has 0 aromatic carbocycles. The van der Waals surface area contributed by atoms with Crippen molar-refractivity contribution in [3.05, 3.63) is 11.3 Å². The van der Waals surface area contributed by atoms with E-state index in [1.165, 1.54) is 31.3 Å². The summed E-state index contributed by atoms with van der Waals surface area (Å²) in [6.07, 6.45) is 8.03. The Morgan fingerprint density at radius 1 is 1.03 bits per heavy atom. The van der Waals surface area contributed by atoms with Crippen LogP contribution in [0.1, 0.15) is 100 Å². The molecule has 0 amide bonds. The molecule has 3 heteroatoms. The Bertz CT molecular complexity index is 828. The van der Waals surface area contributed by atoms with Gasteiger partial charge in [0, 0.05) is 16.7 Å². The van der Waals surface area contributed by atoms with Crippen molar-refractivity contribution in [2.24, 2.45) is 38.9 Å². The Labute approximate surface area is 189 Å². The lowest BCUT2D eigenvalue weighted by Gasteiger charge is -2.40. The molecule has 0 aromatic rings. The van der Waals surface area contributed by atoms with Gasteiger partial charge in [0.1, 0.15) is 6.10 Å². The van der Waals surface area contributed by atoms with Crippen molar-refractivity contribution in [3.63, 3.8) is 0 Å². The van der Waals surface area contributed by atoms with Gasteiger partial charge in [-0.25, -0.2) is 0 Å². The van der Waals surface area contributed by atoms with Crippen molar-refractivity contribution in [1.82, 2.24) is 0 Å². The third-order valence-electron chi connectivity index (χ3n) is 10.3. The van der Waals surface area contributed by atoms with E-state index in [0.717, 1.165) is 31.6 Å². The summed E-state index contributed by atoms with van der Waals surface area (Å²) in [6.45, 7) is 19.4. The fraction of sp³-hybridized carbons (Fsp3) is 0.893. The van der Waals surface area contributed by atoms with Gasteiger partial charge in [-0.2, -0.15) is 0 Å². The lowest BCUT2D eigenvalue weighted by Crippen LogP contribution is -2.44. The second kappa shape index (κ2) is 6.39. The molecule has 4 fully saturated rings. The summed E-state index contributed by atoms with van der Waals surface area (Å²) in [7, 11) is 0. The van der Waals surface area contributed by atoms with Crippen LogP contribution in [0.3, 0.4) is 0 Å². The van der Waals surface area contributed by atoms with E-state index in [1.807, 2.05) is 0 Å². The smallest absolute Gasteiger partial charge is 0.201 e. The second-order valence-electron chi connectivity index (χ2n) is 14.4. The number of hydrogen-bond donors (Lipinski definition) is 0. The zero-order valence-electron chi connectivity index (χ0n) is 21.2. The molecule has 0 N–H and O–H groups in total. The molecule has 5 rings (SSSR count). The normalized spacial score (nSPS) is 44.8. The van der Waals surface area contributed by atoms with Crippen molar-refractivity contribution >= 4 is 5.78 Å². The molecule has 0 aromatic heterocycles. The topological polar surface area (TPSA) is 35.5 Å². The van der Waals surface area contributed by atoms with Crippen LogP contribution in [0, 0.1) is 38.9 Å². The number of rotatable bonds is 4. The molecule has 0 heterocycles. The molecule has 1 spiro atoms. The first-order chi connectivity index (χ1) is 14.2. The van der Waals surface area contributed by atoms with Crippen molar-refractivity contribution in [3.8, 4) is 0 Å².